The number of hydrogen-bond donors (Lipinski definition) is 0. The van der Waals surface area contributed by atoms with Crippen LogP contribution in [0.3, 0.4) is 0 Å². The first-order valence-corrected chi connectivity index (χ1v) is 5.67. The van der Waals surface area contributed by atoms with Gasteiger partial charge in [-0.15, -0.1) is 0 Å². The monoisotopic (exact) mass is 207 g/mol. The van der Waals surface area contributed by atoms with Gasteiger partial charge in [-0.1, -0.05) is 18.2 Å². The van der Waals surface area contributed by atoms with Crippen molar-refractivity contribution in [3.05, 3.63) is 35.7 Å². The van der Waals surface area contributed by atoms with Crippen molar-refractivity contribution >= 4 is 0 Å². The standard InChI is InChI=1S/C13H18FN/c1-15-9-7-12(8-10-15)11-3-2-4-13(14)6-5-11/h2-3,5-6,12H,4,7-10H2,1H3. The highest BCUT2D eigenvalue weighted by Crippen LogP contribution is 2.27. The molecule has 2 rings (SSSR count). The van der Waals surface area contributed by atoms with Crippen molar-refractivity contribution in [3.63, 3.8) is 0 Å². The lowest BCUT2D eigenvalue weighted by atomic mass is 9.89. The van der Waals surface area contributed by atoms with Crippen molar-refractivity contribution in [1.82, 2.24) is 4.90 Å². The van der Waals surface area contributed by atoms with Gasteiger partial charge in [-0.2, -0.15) is 0 Å². The van der Waals surface area contributed by atoms with Crippen molar-refractivity contribution in [2.24, 2.45) is 5.92 Å². The quantitative estimate of drug-likeness (QED) is 0.638. The predicted octanol–water partition coefficient (Wildman–Crippen LogP) is 3.07. The van der Waals surface area contributed by atoms with Crippen molar-refractivity contribution in [2.45, 2.75) is 19.3 Å². The molecule has 2 heteroatoms. The van der Waals surface area contributed by atoms with E-state index >= 15 is 0 Å². The van der Waals surface area contributed by atoms with Gasteiger partial charge in [-0.3, -0.25) is 0 Å². The van der Waals surface area contributed by atoms with Crippen molar-refractivity contribution in [3.8, 4) is 0 Å². The van der Waals surface area contributed by atoms with Gasteiger partial charge in [-0.25, -0.2) is 4.39 Å². The zero-order valence-electron chi connectivity index (χ0n) is 9.25. The number of rotatable bonds is 1. The minimum absolute atomic E-state index is 0.0332. The van der Waals surface area contributed by atoms with Crippen LogP contribution in [0.5, 0.6) is 0 Å². The molecule has 1 aliphatic carbocycles. The third-order valence-electron chi connectivity index (χ3n) is 3.27. The summed E-state index contributed by atoms with van der Waals surface area (Å²) in [5, 5.41) is 0. The van der Waals surface area contributed by atoms with Crippen LogP contribution >= 0.6 is 0 Å². The molecule has 2 aliphatic rings. The molecule has 1 heterocycles. The van der Waals surface area contributed by atoms with Crippen molar-refractivity contribution < 1.29 is 4.39 Å². The van der Waals surface area contributed by atoms with E-state index in [9.17, 15) is 4.39 Å². The first-order chi connectivity index (χ1) is 7.25. The number of nitrogens with zero attached hydrogens (tertiary/aromatic N) is 1. The molecule has 0 aromatic heterocycles. The van der Waals surface area contributed by atoms with Crippen LogP contribution in [0.2, 0.25) is 0 Å². The highest BCUT2D eigenvalue weighted by molar-refractivity contribution is 5.31. The van der Waals surface area contributed by atoms with Gasteiger partial charge in [0.2, 0.25) is 0 Å². The van der Waals surface area contributed by atoms with E-state index in [0.717, 1.165) is 13.1 Å². The van der Waals surface area contributed by atoms with Crippen LogP contribution in [0.15, 0.2) is 35.7 Å². The molecule has 0 aromatic carbocycles. The maximum absolute atomic E-state index is 13.0. The summed E-state index contributed by atoms with van der Waals surface area (Å²) in [5.74, 6) is 0.591. The molecular formula is C13H18FN. The van der Waals surface area contributed by atoms with Crippen LogP contribution in [-0.2, 0) is 0 Å². The summed E-state index contributed by atoms with van der Waals surface area (Å²) in [6.07, 6.45) is 10.4. The second kappa shape index (κ2) is 4.75. The molecule has 1 nitrogen and oxygen atoms in total. The molecule has 0 amide bonds. The Morgan fingerprint density at radius 3 is 2.73 bits per heavy atom. The summed E-state index contributed by atoms with van der Waals surface area (Å²) in [5.41, 5.74) is 1.30. The number of allylic oxidation sites excluding steroid dienone is 6. The first kappa shape index (κ1) is 10.6. The van der Waals surface area contributed by atoms with Gasteiger partial charge in [0.15, 0.2) is 0 Å². The van der Waals surface area contributed by atoms with Gasteiger partial charge in [0.25, 0.3) is 0 Å². The average molecular weight is 207 g/mol. The van der Waals surface area contributed by atoms with E-state index in [4.69, 9.17) is 0 Å². The fraction of sp³-hybridized carbons (Fsp3) is 0.538. The molecule has 0 saturated carbocycles. The van der Waals surface area contributed by atoms with Crippen LogP contribution in [0, 0.1) is 5.92 Å². The number of hydrogen-bond acceptors (Lipinski definition) is 1. The lowest BCUT2D eigenvalue weighted by Crippen LogP contribution is -2.30. The Bertz CT molecular complexity index is 306. The molecule has 0 unspecified atom stereocenters. The van der Waals surface area contributed by atoms with E-state index in [1.165, 1.54) is 18.4 Å². The molecule has 0 spiro atoms. The van der Waals surface area contributed by atoms with Crippen molar-refractivity contribution in [1.29, 1.82) is 0 Å². The molecule has 0 aromatic rings. The first-order valence-electron chi connectivity index (χ1n) is 5.67. The largest absolute Gasteiger partial charge is 0.306 e. The van der Waals surface area contributed by atoms with Gasteiger partial charge in [-0.05, 0) is 50.5 Å². The molecular weight excluding hydrogens is 189 g/mol. The fourth-order valence-corrected chi connectivity index (χ4v) is 2.23. The Morgan fingerprint density at radius 2 is 2.00 bits per heavy atom. The average Bonchev–Trinajstić information content (AvgIpc) is 2.44. The Kier molecular flexibility index (Phi) is 3.37. The molecule has 1 fully saturated rings. The molecule has 1 saturated heterocycles. The summed E-state index contributed by atoms with van der Waals surface area (Å²) >= 11 is 0. The minimum Gasteiger partial charge on any atom is -0.306 e. The van der Waals surface area contributed by atoms with Crippen LogP contribution in [-0.4, -0.2) is 25.0 Å². The molecule has 15 heavy (non-hydrogen) atoms. The summed E-state index contributed by atoms with van der Waals surface area (Å²) in [7, 11) is 2.16. The maximum atomic E-state index is 13.0. The van der Waals surface area contributed by atoms with E-state index in [0.29, 0.717) is 12.3 Å². The van der Waals surface area contributed by atoms with E-state index in [-0.39, 0.29) is 5.83 Å². The Morgan fingerprint density at radius 1 is 1.27 bits per heavy atom. The van der Waals surface area contributed by atoms with Crippen LogP contribution < -0.4 is 0 Å². The van der Waals surface area contributed by atoms with E-state index in [1.807, 2.05) is 12.2 Å². The normalized spacial score (nSPS) is 24.7. The summed E-state index contributed by atoms with van der Waals surface area (Å²) in [4.78, 5) is 2.36. The van der Waals surface area contributed by atoms with Gasteiger partial charge in [0, 0.05) is 6.42 Å². The molecule has 0 N–H and O–H groups in total. The van der Waals surface area contributed by atoms with E-state index < -0.39 is 0 Å². The predicted molar refractivity (Wildman–Crippen MR) is 61.3 cm³/mol. The van der Waals surface area contributed by atoms with Crippen LogP contribution in [0.4, 0.5) is 4.39 Å². The summed E-state index contributed by atoms with van der Waals surface area (Å²) < 4.78 is 13.0. The van der Waals surface area contributed by atoms with E-state index in [1.54, 1.807) is 6.08 Å². The SMILES string of the molecule is CN1CCC(C2=CC=C(F)CC=C2)CC1. The second-order valence-electron chi connectivity index (χ2n) is 4.46. The highest BCUT2D eigenvalue weighted by atomic mass is 19.1. The fourth-order valence-electron chi connectivity index (χ4n) is 2.23. The van der Waals surface area contributed by atoms with Gasteiger partial charge < -0.3 is 4.90 Å². The Labute approximate surface area is 91.0 Å². The van der Waals surface area contributed by atoms with Gasteiger partial charge in [0.05, 0.1) is 0 Å². The van der Waals surface area contributed by atoms with E-state index in [2.05, 4.69) is 18.0 Å². The zero-order chi connectivity index (χ0) is 10.7. The lowest BCUT2D eigenvalue weighted by molar-refractivity contribution is 0.240. The number of piperidine rings is 1. The maximum Gasteiger partial charge on any atom is 0.104 e. The molecule has 82 valence electrons. The lowest BCUT2D eigenvalue weighted by Gasteiger charge is -2.29. The second-order valence-corrected chi connectivity index (χ2v) is 4.46. The summed E-state index contributed by atoms with van der Waals surface area (Å²) in [6.45, 7) is 2.31. The molecule has 0 radical (unpaired) electrons. The Balaban J connectivity index is 2.04. The minimum atomic E-state index is -0.0332. The summed E-state index contributed by atoms with van der Waals surface area (Å²) in [6, 6.07) is 0. The number of halogens is 1. The van der Waals surface area contributed by atoms with Gasteiger partial charge in [0.1, 0.15) is 5.83 Å². The van der Waals surface area contributed by atoms with Crippen LogP contribution in [0.1, 0.15) is 19.3 Å². The third-order valence-corrected chi connectivity index (χ3v) is 3.27. The topological polar surface area (TPSA) is 3.24 Å². The highest BCUT2D eigenvalue weighted by Gasteiger charge is 2.18. The Hall–Kier alpha value is -0.890. The van der Waals surface area contributed by atoms with Gasteiger partial charge >= 0.3 is 0 Å². The molecule has 0 bridgehead atoms. The smallest absolute Gasteiger partial charge is 0.104 e. The molecule has 1 aliphatic heterocycles. The third kappa shape index (κ3) is 2.78. The van der Waals surface area contributed by atoms with Crippen LogP contribution in [0.25, 0.3) is 0 Å². The zero-order valence-corrected chi connectivity index (χ0v) is 9.25. The molecule has 0 atom stereocenters. The van der Waals surface area contributed by atoms with Crippen molar-refractivity contribution in [2.75, 3.05) is 20.1 Å². The number of likely N-dealkylation sites (tertiary alicyclic amines) is 1.